The predicted molar refractivity (Wildman–Crippen MR) is 41.7 cm³/mol. The summed E-state index contributed by atoms with van der Waals surface area (Å²) in [6, 6.07) is 0. The molecule has 2 saturated heterocycles. The van der Waals surface area contributed by atoms with Crippen molar-refractivity contribution in [2.75, 3.05) is 0 Å². The third-order valence-corrected chi connectivity index (χ3v) is 3.53. The summed E-state index contributed by atoms with van der Waals surface area (Å²) < 4.78 is 64.1. The minimum atomic E-state index is -4.40. The van der Waals surface area contributed by atoms with E-state index in [1.165, 1.54) is 0 Å². The van der Waals surface area contributed by atoms with E-state index in [1.807, 2.05) is 0 Å². The van der Waals surface area contributed by atoms with Gasteiger partial charge in [0.2, 0.25) is 0 Å². The van der Waals surface area contributed by atoms with Gasteiger partial charge in [-0.25, -0.2) is 31.9 Å². The van der Waals surface area contributed by atoms with Crippen LogP contribution in [-0.4, -0.2) is 40.6 Å². The van der Waals surface area contributed by atoms with Crippen LogP contribution in [0, 0.1) is 0 Å². The Balaban J connectivity index is 2.38. The van der Waals surface area contributed by atoms with Gasteiger partial charge in [0, 0.05) is 0 Å². The molecule has 4 atom stereocenters. The fourth-order valence-corrected chi connectivity index (χ4v) is 2.59. The second-order valence-corrected chi connectivity index (χ2v) is 4.12. The van der Waals surface area contributed by atoms with E-state index < -0.39 is 46.3 Å². The van der Waals surface area contributed by atoms with Gasteiger partial charge in [0.1, 0.15) is 5.76 Å². The first-order chi connectivity index (χ1) is 8.10. The Morgan fingerprint density at radius 2 is 1.06 bits per heavy atom. The lowest BCUT2D eigenvalue weighted by atomic mass is 9.49. The molecule has 0 radical (unpaired) electrons. The summed E-state index contributed by atoms with van der Waals surface area (Å²) in [4.78, 5) is 33.1. The Morgan fingerprint density at radius 3 is 1.50 bits per heavy atom. The normalized spacial score (nSPS) is 53.6. The molecule has 0 aromatic carbocycles. The number of rotatable bonds is 0. The molecule has 1 aliphatic carbocycles. The molecule has 96 valence electrons. The van der Waals surface area contributed by atoms with Crippen molar-refractivity contribution in [3.8, 4) is 0 Å². The number of alkyl halides is 4. The Morgan fingerprint density at radius 1 is 0.722 bits per heavy atom. The lowest BCUT2D eigenvalue weighted by Gasteiger charge is -2.52. The van der Waals surface area contributed by atoms with Crippen molar-refractivity contribution in [2.24, 2.45) is 0 Å². The zero-order valence-corrected chi connectivity index (χ0v) is 8.26. The van der Waals surface area contributed by atoms with Crippen LogP contribution in [0.25, 0.3) is 0 Å². The van der Waals surface area contributed by atoms with Crippen LogP contribution in [0.15, 0.2) is 12.3 Å². The number of ether oxygens (including phenoxy) is 2. The Bertz CT molecular complexity index is 461. The van der Waals surface area contributed by atoms with E-state index in [1.54, 1.807) is 0 Å². The van der Waals surface area contributed by atoms with E-state index >= 15 is 0 Å². The van der Waals surface area contributed by atoms with Crippen LogP contribution in [0.2, 0.25) is 0 Å². The van der Waals surface area contributed by atoms with E-state index in [2.05, 4.69) is 16.1 Å². The SMILES string of the molecule is C=C1OC(=O)C2(F)C1(F)C1(F)C(=O)OC(=O)C21F. The van der Waals surface area contributed by atoms with Crippen LogP contribution in [-0.2, 0) is 23.9 Å². The van der Waals surface area contributed by atoms with E-state index in [0.29, 0.717) is 0 Å². The summed E-state index contributed by atoms with van der Waals surface area (Å²) in [5.74, 6) is -8.16. The van der Waals surface area contributed by atoms with Gasteiger partial charge in [0.25, 0.3) is 5.67 Å². The Kier molecular flexibility index (Phi) is 1.42. The number of fused-ring (bicyclic) bond motifs is 4. The molecule has 0 aromatic rings. The fraction of sp³-hybridized carbons (Fsp3) is 0.444. The van der Waals surface area contributed by atoms with Gasteiger partial charge >= 0.3 is 34.9 Å². The summed E-state index contributed by atoms with van der Waals surface area (Å²) in [5.41, 5.74) is -17.1. The number of hydrogen-bond acceptors (Lipinski definition) is 5. The van der Waals surface area contributed by atoms with Gasteiger partial charge < -0.3 is 9.47 Å². The van der Waals surface area contributed by atoms with E-state index in [0.717, 1.165) is 0 Å². The van der Waals surface area contributed by atoms with Gasteiger partial charge in [-0.3, -0.25) is 0 Å². The fourth-order valence-electron chi connectivity index (χ4n) is 2.59. The average molecular weight is 266 g/mol. The van der Waals surface area contributed by atoms with Crippen LogP contribution < -0.4 is 0 Å². The number of carbonyl (C=O) groups is 3. The molecule has 2 aliphatic heterocycles. The van der Waals surface area contributed by atoms with Crippen molar-refractivity contribution in [1.82, 2.24) is 0 Å². The van der Waals surface area contributed by atoms with Crippen molar-refractivity contribution in [3.05, 3.63) is 12.3 Å². The Labute approximate surface area is 95.3 Å². The number of halogens is 4. The number of hydrogen-bond donors (Lipinski definition) is 0. The van der Waals surface area contributed by atoms with E-state index in [9.17, 15) is 31.9 Å². The third kappa shape index (κ3) is 0.551. The summed E-state index contributed by atoms with van der Waals surface area (Å²) >= 11 is 0. The monoisotopic (exact) mass is 266 g/mol. The van der Waals surface area contributed by atoms with Crippen molar-refractivity contribution < 1.29 is 41.4 Å². The first kappa shape index (κ1) is 11.2. The minimum absolute atomic E-state index is 1.42. The molecule has 9 heteroatoms. The summed E-state index contributed by atoms with van der Waals surface area (Å²) in [5, 5.41) is 0. The van der Waals surface area contributed by atoms with Gasteiger partial charge in [-0.05, 0) is 0 Å². The largest absolute Gasteiger partial charge is 0.425 e. The highest BCUT2D eigenvalue weighted by atomic mass is 19.2. The van der Waals surface area contributed by atoms with Crippen molar-refractivity contribution in [2.45, 2.75) is 22.7 Å². The lowest BCUT2D eigenvalue weighted by Crippen LogP contribution is -2.90. The molecule has 0 aromatic heterocycles. The van der Waals surface area contributed by atoms with Crippen molar-refractivity contribution in [1.29, 1.82) is 0 Å². The minimum Gasteiger partial charge on any atom is -0.425 e. The molecule has 0 amide bonds. The van der Waals surface area contributed by atoms with Gasteiger partial charge in [-0.1, -0.05) is 6.58 Å². The highest BCUT2D eigenvalue weighted by Crippen LogP contribution is 2.74. The van der Waals surface area contributed by atoms with Gasteiger partial charge in [0.15, 0.2) is 0 Å². The molecule has 3 aliphatic rings. The highest BCUT2D eigenvalue weighted by molar-refractivity contribution is 6.17. The zero-order chi connectivity index (χ0) is 13.7. The van der Waals surface area contributed by atoms with Crippen LogP contribution >= 0.6 is 0 Å². The molecule has 5 nitrogen and oxygen atoms in total. The molecular formula is C9H2F4O5. The molecule has 0 spiro atoms. The standard InChI is InChI=1S/C9H2F4O5/c1-2-6(10)7(11,3(14)17-2)9(13)5(16)18-4(15)8(6,9)12/h1H2. The molecule has 4 unspecified atom stereocenters. The maximum Gasteiger partial charge on any atom is 0.360 e. The molecule has 0 bridgehead atoms. The lowest BCUT2D eigenvalue weighted by molar-refractivity contribution is -0.275. The van der Waals surface area contributed by atoms with Crippen LogP contribution in [0.5, 0.6) is 0 Å². The molecule has 1 saturated carbocycles. The summed E-state index contributed by atoms with van der Waals surface area (Å²) in [7, 11) is 0. The number of allylic oxidation sites excluding steroid dienone is 1. The number of esters is 3. The van der Waals surface area contributed by atoms with E-state index in [4.69, 9.17) is 0 Å². The first-order valence-corrected chi connectivity index (χ1v) is 4.54. The summed E-state index contributed by atoms with van der Waals surface area (Å²) in [6.07, 6.45) is 0. The van der Waals surface area contributed by atoms with Crippen molar-refractivity contribution >= 4 is 17.9 Å². The van der Waals surface area contributed by atoms with E-state index in [-0.39, 0.29) is 0 Å². The molecule has 18 heavy (non-hydrogen) atoms. The topological polar surface area (TPSA) is 69.7 Å². The second-order valence-electron chi connectivity index (χ2n) is 4.12. The van der Waals surface area contributed by atoms with Crippen molar-refractivity contribution in [3.63, 3.8) is 0 Å². The molecule has 3 fully saturated rings. The van der Waals surface area contributed by atoms with Gasteiger partial charge in [0.05, 0.1) is 0 Å². The third-order valence-electron chi connectivity index (χ3n) is 3.53. The number of cyclic esters (lactones) is 3. The van der Waals surface area contributed by atoms with Crippen LogP contribution in [0.3, 0.4) is 0 Å². The molecule has 0 N–H and O–H groups in total. The molecule has 3 rings (SSSR count). The molecule has 2 heterocycles. The van der Waals surface area contributed by atoms with Gasteiger partial charge in [-0.2, -0.15) is 0 Å². The quantitative estimate of drug-likeness (QED) is 0.350. The Hall–Kier alpha value is -1.93. The highest BCUT2D eigenvalue weighted by Gasteiger charge is 3.09. The summed E-state index contributed by atoms with van der Waals surface area (Å²) in [6.45, 7) is 2.72. The molecular weight excluding hydrogens is 264 g/mol. The van der Waals surface area contributed by atoms with Crippen LogP contribution in [0.1, 0.15) is 0 Å². The predicted octanol–water partition coefficient (Wildman–Crippen LogP) is -0.0129. The smallest absolute Gasteiger partial charge is 0.360 e. The zero-order valence-electron chi connectivity index (χ0n) is 8.26. The number of carbonyl (C=O) groups excluding carboxylic acids is 3. The maximum atomic E-state index is 14.2. The average Bonchev–Trinajstić information content (AvgIpc) is 2.57. The van der Waals surface area contributed by atoms with Crippen LogP contribution in [0.4, 0.5) is 17.6 Å². The van der Waals surface area contributed by atoms with Gasteiger partial charge in [-0.15, -0.1) is 0 Å². The second kappa shape index (κ2) is 2.29. The first-order valence-electron chi connectivity index (χ1n) is 4.54. The maximum absolute atomic E-state index is 14.2.